The fourth-order valence-electron chi connectivity index (χ4n) is 3.69. The number of sulfonamides is 1. The number of carbonyl (C=O) groups is 1. The van der Waals surface area contributed by atoms with Crippen LogP contribution in [0.25, 0.3) is 17.7 Å². The summed E-state index contributed by atoms with van der Waals surface area (Å²) in [6.45, 7) is 4.00. The molecule has 0 bridgehead atoms. The minimum Gasteiger partial charge on any atom is -0.493 e. The molecule has 16 nitrogen and oxygen atoms in total. The van der Waals surface area contributed by atoms with E-state index in [0.29, 0.717) is 5.56 Å². The van der Waals surface area contributed by atoms with E-state index < -0.39 is 31.9 Å². The Morgan fingerprint density at radius 1 is 0.875 bits per heavy atom. The number of nitrogens with one attached hydrogen (secondary N) is 3. The quantitative estimate of drug-likeness (QED) is 0.160. The summed E-state index contributed by atoms with van der Waals surface area (Å²) < 4.78 is 79.8. The Bertz CT molecular complexity index is 1960. The Kier molecular flexibility index (Phi) is 11.5. The summed E-state index contributed by atoms with van der Waals surface area (Å²) >= 11 is 0. The lowest BCUT2D eigenvalue weighted by Crippen LogP contribution is -2.43. The number of anilines is 1. The van der Waals surface area contributed by atoms with Crippen molar-refractivity contribution in [2.75, 3.05) is 25.0 Å². The van der Waals surface area contributed by atoms with E-state index in [1.807, 2.05) is 0 Å². The highest BCUT2D eigenvalue weighted by Gasteiger charge is 2.25. The van der Waals surface area contributed by atoms with Gasteiger partial charge < -0.3 is 18.9 Å². The molecule has 2 aromatic carbocycles. The van der Waals surface area contributed by atoms with Crippen molar-refractivity contribution in [1.82, 2.24) is 29.4 Å². The predicted molar refractivity (Wildman–Crippen MR) is 176 cm³/mol. The maximum absolute atomic E-state index is 13.3. The van der Waals surface area contributed by atoms with E-state index in [4.69, 9.17) is 18.9 Å². The van der Waals surface area contributed by atoms with E-state index in [-0.39, 0.29) is 53.7 Å². The summed E-state index contributed by atoms with van der Waals surface area (Å²) in [5.41, 5.74) is -0.299. The third kappa shape index (κ3) is 10.9. The molecule has 4 aromatic rings. The zero-order valence-electron chi connectivity index (χ0n) is 26.3. The predicted octanol–water partition coefficient (Wildman–Crippen LogP) is 3.89. The van der Waals surface area contributed by atoms with Crippen molar-refractivity contribution in [2.24, 2.45) is 0 Å². The van der Waals surface area contributed by atoms with Crippen molar-refractivity contribution in [2.45, 2.75) is 26.4 Å². The van der Waals surface area contributed by atoms with Crippen LogP contribution < -0.4 is 28.4 Å². The lowest BCUT2D eigenvalue weighted by molar-refractivity contribution is 0.0569. The van der Waals surface area contributed by atoms with Gasteiger partial charge in [0.25, 0.3) is 15.9 Å². The number of benzene rings is 2. The molecule has 0 saturated heterocycles. The van der Waals surface area contributed by atoms with E-state index >= 15 is 0 Å². The summed E-state index contributed by atoms with van der Waals surface area (Å²) in [6, 6.07) is 16.8. The maximum Gasteiger partial charge on any atom is 0.422 e. The SMILES string of the molecule is COc1ccccc1Oc1c(NS(=O)(=O)/C=C/c2ccccc2)nc(-c2ncccn2)nc1OCCNS(=O)(=O)NC(=O)OC(C)(C)C. The molecule has 0 atom stereocenters. The van der Waals surface area contributed by atoms with E-state index in [1.54, 1.807) is 86.2 Å². The van der Waals surface area contributed by atoms with Crippen molar-refractivity contribution in [3.63, 3.8) is 0 Å². The number of amides is 1. The summed E-state index contributed by atoms with van der Waals surface area (Å²) in [6.07, 6.45) is 3.08. The molecule has 1 amide bonds. The molecule has 0 aliphatic carbocycles. The number of carbonyl (C=O) groups excluding carboxylic acids is 1. The second-order valence-electron chi connectivity index (χ2n) is 10.6. The van der Waals surface area contributed by atoms with Crippen LogP contribution in [0.1, 0.15) is 26.3 Å². The molecule has 48 heavy (non-hydrogen) atoms. The van der Waals surface area contributed by atoms with Gasteiger partial charge in [-0.25, -0.2) is 32.9 Å². The average Bonchev–Trinajstić information content (AvgIpc) is 3.03. The van der Waals surface area contributed by atoms with Crippen molar-refractivity contribution in [3.05, 3.63) is 84.0 Å². The maximum atomic E-state index is 13.3. The Morgan fingerprint density at radius 2 is 1.54 bits per heavy atom. The zero-order valence-corrected chi connectivity index (χ0v) is 27.9. The molecule has 18 heteroatoms. The second kappa shape index (κ2) is 15.5. The van der Waals surface area contributed by atoms with Gasteiger partial charge in [0, 0.05) is 18.9 Å². The standard InChI is InChI=1S/C30H33N7O9S2/c1-30(2,3)46-29(38)37-48(41,42)33-18-19-44-28-24(45-23-14-9-8-13-22(23)43-4)25(34-27(35-28)26-31-16-10-17-32-26)36-47(39,40)20-15-21-11-6-5-7-12-21/h5-17,20,33H,18-19H2,1-4H3,(H,37,38)(H,34,35,36)/b20-15+. The van der Waals surface area contributed by atoms with Gasteiger partial charge in [0.1, 0.15) is 12.2 Å². The number of hydrogen-bond acceptors (Lipinski definition) is 13. The Morgan fingerprint density at radius 3 is 2.21 bits per heavy atom. The van der Waals surface area contributed by atoms with Crippen LogP contribution in [-0.2, 0) is 25.0 Å². The Hall–Kier alpha value is -5.33. The number of nitrogens with zero attached hydrogens (tertiary/aromatic N) is 4. The van der Waals surface area contributed by atoms with Gasteiger partial charge in [0.05, 0.1) is 12.5 Å². The highest BCUT2D eigenvalue weighted by molar-refractivity contribution is 7.95. The fraction of sp³-hybridized carbons (Fsp3) is 0.233. The zero-order chi connectivity index (χ0) is 34.8. The summed E-state index contributed by atoms with van der Waals surface area (Å²) in [5.74, 6) is -0.618. The molecular formula is C30H33N7O9S2. The molecule has 0 fully saturated rings. The number of hydrogen-bond donors (Lipinski definition) is 3. The van der Waals surface area contributed by atoms with Gasteiger partial charge in [0.15, 0.2) is 23.1 Å². The highest BCUT2D eigenvalue weighted by atomic mass is 32.2. The molecule has 2 heterocycles. The van der Waals surface area contributed by atoms with Crippen molar-refractivity contribution >= 4 is 38.2 Å². The smallest absolute Gasteiger partial charge is 0.422 e. The molecular weight excluding hydrogens is 667 g/mol. The van der Waals surface area contributed by atoms with Gasteiger partial charge in [-0.3, -0.25) is 4.72 Å². The first-order chi connectivity index (χ1) is 22.7. The molecule has 0 aliphatic heterocycles. The molecule has 3 N–H and O–H groups in total. The Labute approximate surface area is 277 Å². The molecule has 0 aliphatic rings. The molecule has 254 valence electrons. The first-order valence-corrected chi connectivity index (χ1v) is 17.2. The van der Waals surface area contributed by atoms with E-state index in [1.165, 1.54) is 25.6 Å². The van der Waals surface area contributed by atoms with Crippen molar-refractivity contribution < 1.29 is 40.6 Å². The minimum atomic E-state index is -4.34. The van der Waals surface area contributed by atoms with E-state index in [9.17, 15) is 21.6 Å². The van der Waals surface area contributed by atoms with Gasteiger partial charge in [-0.1, -0.05) is 42.5 Å². The summed E-state index contributed by atoms with van der Waals surface area (Å²) in [4.78, 5) is 28.9. The Balaban J connectivity index is 1.69. The van der Waals surface area contributed by atoms with Crippen LogP contribution in [0.5, 0.6) is 23.1 Å². The van der Waals surface area contributed by atoms with Gasteiger partial charge in [-0.05, 0) is 50.6 Å². The molecule has 2 aromatic heterocycles. The van der Waals surface area contributed by atoms with Gasteiger partial charge in [-0.2, -0.15) is 18.1 Å². The number of rotatable bonds is 14. The fourth-order valence-corrected chi connectivity index (χ4v) is 5.18. The van der Waals surface area contributed by atoms with Crippen molar-refractivity contribution in [3.8, 4) is 34.8 Å². The van der Waals surface area contributed by atoms with Crippen LogP contribution in [0.4, 0.5) is 10.6 Å². The summed E-state index contributed by atoms with van der Waals surface area (Å²) in [5, 5.41) is 0.947. The molecule has 0 radical (unpaired) electrons. The first-order valence-electron chi connectivity index (χ1n) is 14.1. The van der Waals surface area contributed by atoms with Gasteiger partial charge in [0.2, 0.25) is 11.6 Å². The van der Waals surface area contributed by atoms with Crippen LogP contribution >= 0.6 is 0 Å². The van der Waals surface area contributed by atoms with Gasteiger partial charge >= 0.3 is 16.3 Å². The first kappa shape index (κ1) is 35.5. The topological polar surface area (TPSA) is 210 Å². The van der Waals surface area contributed by atoms with E-state index in [2.05, 4.69) is 29.4 Å². The normalized spacial score (nSPS) is 11.9. The van der Waals surface area contributed by atoms with Crippen LogP contribution in [0.15, 0.2) is 78.5 Å². The molecule has 4 rings (SSSR count). The number of ether oxygens (including phenoxy) is 4. The summed E-state index contributed by atoms with van der Waals surface area (Å²) in [7, 11) is -7.14. The second-order valence-corrected chi connectivity index (χ2v) is 13.6. The largest absolute Gasteiger partial charge is 0.493 e. The highest BCUT2D eigenvalue weighted by Crippen LogP contribution is 2.41. The average molecular weight is 700 g/mol. The van der Waals surface area contributed by atoms with Crippen LogP contribution in [0.3, 0.4) is 0 Å². The minimum absolute atomic E-state index is 0.0220. The van der Waals surface area contributed by atoms with Crippen LogP contribution in [-0.4, -0.2) is 68.7 Å². The number of para-hydroxylation sites is 2. The van der Waals surface area contributed by atoms with Crippen LogP contribution in [0, 0.1) is 0 Å². The monoisotopic (exact) mass is 699 g/mol. The van der Waals surface area contributed by atoms with Crippen molar-refractivity contribution in [1.29, 1.82) is 0 Å². The number of methoxy groups -OCH3 is 1. The molecule has 0 saturated carbocycles. The van der Waals surface area contributed by atoms with Crippen LogP contribution in [0.2, 0.25) is 0 Å². The lowest BCUT2D eigenvalue weighted by atomic mass is 10.2. The third-order valence-corrected chi connectivity index (χ3v) is 7.60. The molecule has 0 spiro atoms. The lowest BCUT2D eigenvalue weighted by Gasteiger charge is -2.19. The third-order valence-electron chi connectivity index (χ3n) is 5.61. The van der Waals surface area contributed by atoms with E-state index in [0.717, 1.165) is 5.41 Å². The van der Waals surface area contributed by atoms with Gasteiger partial charge in [-0.15, -0.1) is 0 Å². The molecule has 0 unspecified atom stereocenters. The number of aromatic nitrogens is 4.